The fourth-order valence-electron chi connectivity index (χ4n) is 7.97. The molecule has 8 rings (SSSR count). The molecule has 2 fully saturated rings. The Balaban J connectivity index is 1.28. The molecule has 3 aliphatic rings. The van der Waals surface area contributed by atoms with Crippen LogP contribution in [0.15, 0.2) is 36.2 Å². The van der Waals surface area contributed by atoms with Crippen LogP contribution in [0.25, 0.3) is 32.1 Å². The average molecular weight is 747 g/mol. The lowest BCUT2D eigenvalue weighted by Gasteiger charge is -2.31. The van der Waals surface area contributed by atoms with Crippen molar-refractivity contribution in [1.82, 2.24) is 29.5 Å². The van der Waals surface area contributed by atoms with Crippen LogP contribution in [0.2, 0.25) is 5.02 Å². The Morgan fingerprint density at radius 3 is 2.77 bits per heavy atom. The number of thiophene rings is 1. The monoisotopic (exact) mass is 746 g/mol. The molecule has 1 amide bonds. The van der Waals surface area contributed by atoms with Crippen molar-refractivity contribution in [3.63, 3.8) is 0 Å². The van der Waals surface area contributed by atoms with Crippen LogP contribution in [0.1, 0.15) is 52.3 Å². The summed E-state index contributed by atoms with van der Waals surface area (Å²) in [6, 6.07) is 8.15. The number of halogens is 4. The predicted octanol–water partition coefficient (Wildman–Crippen LogP) is 7.40. The number of ether oxygens (including phenoxy) is 1. The van der Waals surface area contributed by atoms with Crippen LogP contribution in [0.4, 0.5) is 19.0 Å². The summed E-state index contributed by atoms with van der Waals surface area (Å²) in [4.78, 5) is 28.5. The van der Waals surface area contributed by atoms with Crippen molar-refractivity contribution in [1.29, 1.82) is 5.26 Å². The number of rotatable bonds is 6. The molecule has 6 heterocycles. The van der Waals surface area contributed by atoms with Crippen LogP contribution in [-0.4, -0.2) is 81.3 Å². The highest BCUT2D eigenvalue weighted by molar-refractivity contribution is 7.19. The Bertz CT molecular complexity index is 2370. The minimum Gasteiger partial charge on any atom is -0.461 e. The summed E-state index contributed by atoms with van der Waals surface area (Å²) in [5.74, 6) is -1.11. The Kier molecular flexibility index (Phi) is 8.63. The smallest absolute Gasteiger partial charge is 0.319 e. The van der Waals surface area contributed by atoms with Gasteiger partial charge in [0.25, 0.3) is 5.91 Å². The first-order valence-electron chi connectivity index (χ1n) is 17.0. The molecule has 10 nitrogen and oxygen atoms in total. The van der Waals surface area contributed by atoms with Crippen LogP contribution in [-0.2, 0) is 13.1 Å². The molecule has 2 aromatic carbocycles. The van der Waals surface area contributed by atoms with Crippen molar-refractivity contribution in [2.24, 2.45) is 0 Å². The number of nitrogens with zero attached hydrogens (tertiary/aromatic N) is 8. The summed E-state index contributed by atoms with van der Waals surface area (Å²) < 4.78 is 54.3. The van der Waals surface area contributed by atoms with Gasteiger partial charge in [-0.05, 0) is 68.5 Å². The van der Waals surface area contributed by atoms with E-state index in [1.807, 2.05) is 9.58 Å². The third-order valence-corrected chi connectivity index (χ3v) is 11.9. The molecular weight excluding hydrogens is 713 g/mol. The van der Waals surface area contributed by atoms with Gasteiger partial charge in [0.2, 0.25) is 0 Å². The maximum absolute atomic E-state index is 17.2. The van der Waals surface area contributed by atoms with Crippen LogP contribution in [0.5, 0.6) is 6.01 Å². The summed E-state index contributed by atoms with van der Waals surface area (Å²) in [7, 11) is 3.34. The fourth-order valence-corrected chi connectivity index (χ4v) is 9.30. The zero-order chi connectivity index (χ0) is 36.5. The summed E-state index contributed by atoms with van der Waals surface area (Å²) >= 11 is 8.06. The topological polar surface area (TPSA) is 103 Å². The van der Waals surface area contributed by atoms with Crippen molar-refractivity contribution in [2.45, 2.75) is 51.2 Å². The molecule has 52 heavy (non-hydrogen) atoms. The van der Waals surface area contributed by atoms with Gasteiger partial charge < -0.3 is 14.5 Å². The fraction of sp³-hybridized carbons (Fsp3) is 0.378. The van der Waals surface area contributed by atoms with E-state index >= 15 is 8.78 Å². The standard InChI is InChI=1S/C37H34ClF3N8O2S/c1-20-25(16-42)29-23(6-7-27(40)33(29)52-20)30-26(38)13-24-32(31(30)41)43-36(51-19-37-8-4-10-48(37)17-21(14-37)15-39)44-34(24)47-9-5-11-49-22(18-47)12-28(45-49)35(50)46(2)3/h6-7,12-13,15H,4-5,8-11,14,17-19H2,1-3H3/b21-15-/t37-/m0/s1. The van der Waals surface area contributed by atoms with Gasteiger partial charge in [-0.15, -0.1) is 11.3 Å². The van der Waals surface area contributed by atoms with E-state index in [2.05, 4.69) is 21.1 Å². The highest BCUT2D eigenvalue weighted by Gasteiger charge is 2.47. The summed E-state index contributed by atoms with van der Waals surface area (Å²) in [6.07, 6.45) is 3.60. The normalized spacial score (nSPS) is 19.7. The Morgan fingerprint density at radius 2 is 2.00 bits per heavy atom. The predicted molar refractivity (Wildman–Crippen MR) is 193 cm³/mol. The second kappa shape index (κ2) is 13.1. The number of nitriles is 1. The van der Waals surface area contributed by atoms with Gasteiger partial charge in [0.1, 0.15) is 29.8 Å². The number of carbonyl (C=O) groups excluding carboxylic acids is 1. The molecule has 0 N–H and O–H groups in total. The molecule has 0 saturated carbocycles. The SMILES string of the molecule is Cc1sc2c(F)ccc(-c3c(Cl)cc4c(N5CCCn6nc(C(=O)N(C)C)cc6C5)nc(OC[C@@]56CCCN5C/C(=C\F)C6)nc4c3F)c2c1C#N. The van der Waals surface area contributed by atoms with Crippen LogP contribution in [0.3, 0.4) is 0 Å². The molecular formula is C37H34ClF3N8O2S. The highest BCUT2D eigenvalue weighted by Crippen LogP contribution is 2.46. The molecule has 0 unspecified atom stereocenters. The number of fused-ring (bicyclic) bond motifs is 4. The summed E-state index contributed by atoms with van der Waals surface area (Å²) in [6.45, 7) is 4.64. The molecule has 0 spiro atoms. The van der Waals surface area contributed by atoms with E-state index in [1.54, 1.807) is 33.2 Å². The highest BCUT2D eigenvalue weighted by atomic mass is 35.5. The van der Waals surface area contributed by atoms with E-state index in [4.69, 9.17) is 21.3 Å². The summed E-state index contributed by atoms with van der Waals surface area (Å²) in [5, 5.41) is 15.2. The molecule has 3 aromatic heterocycles. The Labute approximate surface area is 306 Å². The van der Waals surface area contributed by atoms with Gasteiger partial charge in [0.05, 0.1) is 39.4 Å². The Morgan fingerprint density at radius 1 is 1.17 bits per heavy atom. The summed E-state index contributed by atoms with van der Waals surface area (Å²) in [5.41, 5.74) is 1.84. The van der Waals surface area contributed by atoms with Gasteiger partial charge in [-0.2, -0.15) is 20.3 Å². The molecule has 0 bridgehead atoms. The maximum atomic E-state index is 17.2. The van der Waals surface area contributed by atoms with E-state index in [0.717, 1.165) is 36.4 Å². The zero-order valence-corrected chi connectivity index (χ0v) is 30.3. The number of carbonyl (C=O) groups is 1. The van der Waals surface area contributed by atoms with Gasteiger partial charge in [-0.3, -0.25) is 14.4 Å². The minimum absolute atomic E-state index is 0.0149. The number of anilines is 1. The largest absolute Gasteiger partial charge is 0.461 e. The minimum atomic E-state index is -0.764. The van der Waals surface area contributed by atoms with Crippen molar-refractivity contribution in [2.75, 3.05) is 45.2 Å². The van der Waals surface area contributed by atoms with E-state index in [-0.39, 0.29) is 55.8 Å². The lowest BCUT2D eigenvalue weighted by molar-refractivity contribution is 0.0821. The van der Waals surface area contributed by atoms with Crippen LogP contribution in [0, 0.1) is 29.9 Å². The van der Waals surface area contributed by atoms with E-state index in [1.165, 1.54) is 17.0 Å². The van der Waals surface area contributed by atoms with Gasteiger partial charge in [-0.25, -0.2) is 13.2 Å². The second-order valence-corrected chi connectivity index (χ2v) is 15.6. The lowest BCUT2D eigenvalue weighted by atomic mass is 9.94. The van der Waals surface area contributed by atoms with Gasteiger partial charge in [0.15, 0.2) is 11.5 Å². The third kappa shape index (κ3) is 5.57. The van der Waals surface area contributed by atoms with Crippen molar-refractivity contribution in [3.05, 3.63) is 74.7 Å². The van der Waals surface area contributed by atoms with E-state index < -0.39 is 17.2 Å². The molecule has 3 aliphatic heterocycles. The van der Waals surface area contributed by atoms with E-state index in [9.17, 15) is 14.4 Å². The molecule has 5 aromatic rings. The van der Waals surface area contributed by atoms with E-state index in [0.29, 0.717) is 72.7 Å². The molecule has 0 aliphatic carbocycles. The molecule has 0 radical (unpaired) electrons. The third-order valence-electron chi connectivity index (χ3n) is 10.4. The zero-order valence-electron chi connectivity index (χ0n) is 28.8. The van der Waals surface area contributed by atoms with Crippen LogP contribution < -0.4 is 9.64 Å². The molecule has 2 saturated heterocycles. The van der Waals surface area contributed by atoms with Gasteiger partial charge in [0, 0.05) is 54.9 Å². The van der Waals surface area contributed by atoms with Gasteiger partial charge >= 0.3 is 6.01 Å². The number of hydrogen-bond donors (Lipinski definition) is 0. The number of aromatic nitrogens is 4. The number of amides is 1. The maximum Gasteiger partial charge on any atom is 0.319 e. The first kappa shape index (κ1) is 34.4. The molecule has 1 atom stereocenters. The second-order valence-electron chi connectivity index (χ2n) is 13.9. The van der Waals surface area contributed by atoms with Crippen molar-refractivity contribution >= 4 is 55.7 Å². The lowest BCUT2D eigenvalue weighted by Crippen LogP contribution is -2.43. The van der Waals surface area contributed by atoms with Crippen molar-refractivity contribution in [3.8, 4) is 23.2 Å². The van der Waals surface area contributed by atoms with Crippen molar-refractivity contribution < 1.29 is 22.7 Å². The average Bonchev–Trinajstić information content (AvgIpc) is 3.86. The number of aryl methyl sites for hydroxylation is 2. The van der Waals surface area contributed by atoms with Gasteiger partial charge in [-0.1, -0.05) is 17.7 Å². The number of benzene rings is 2. The van der Waals surface area contributed by atoms with Crippen LogP contribution >= 0.6 is 22.9 Å². The molecule has 15 heteroatoms. The first-order chi connectivity index (χ1) is 25.0. The molecule has 268 valence electrons. The first-order valence-corrected chi connectivity index (χ1v) is 18.2. The Hall–Kier alpha value is -4.71. The number of hydrogen-bond acceptors (Lipinski definition) is 9. The quantitative estimate of drug-likeness (QED) is 0.177.